The highest BCUT2D eigenvalue weighted by Crippen LogP contribution is 2.13. The van der Waals surface area contributed by atoms with Crippen LogP contribution in [-0.2, 0) is 20.0 Å². The van der Waals surface area contributed by atoms with Crippen LogP contribution < -0.4 is 5.32 Å². The molecule has 0 aliphatic heterocycles. The molecule has 0 saturated carbocycles. The molecule has 0 saturated heterocycles. The molecule has 2 heterocycles. The van der Waals surface area contributed by atoms with Crippen molar-refractivity contribution in [2.24, 2.45) is 7.05 Å². The van der Waals surface area contributed by atoms with Gasteiger partial charge < -0.3 is 5.32 Å². The van der Waals surface area contributed by atoms with Gasteiger partial charge in [-0.25, -0.2) is 0 Å². The van der Waals surface area contributed by atoms with Gasteiger partial charge in [0.1, 0.15) is 0 Å². The van der Waals surface area contributed by atoms with Crippen molar-refractivity contribution < 1.29 is 0 Å². The molecule has 102 valence electrons. The molecule has 0 spiro atoms. The molecule has 0 aliphatic carbocycles. The molecular formula is C16H18N4. The second-order valence-electron chi connectivity index (χ2n) is 4.98. The number of benzene rings is 1. The Balaban J connectivity index is 1.54. The van der Waals surface area contributed by atoms with Crippen molar-refractivity contribution in [3.05, 3.63) is 60.0 Å². The maximum absolute atomic E-state index is 4.33. The van der Waals surface area contributed by atoms with Gasteiger partial charge in [0.15, 0.2) is 0 Å². The fraction of sp³-hybridized carbons (Fsp3) is 0.250. The summed E-state index contributed by atoms with van der Waals surface area (Å²) in [6.07, 6.45) is 6.81. The summed E-state index contributed by atoms with van der Waals surface area (Å²) in [5, 5.41) is 8.83. The maximum Gasteiger partial charge on any atom is 0.0702 e. The van der Waals surface area contributed by atoms with Gasteiger partial charge in [-0.3, -0.25) is 9.67 Å². The first kappa shape index (κ1) is 12.8. The minimum atomic E-state index is 0.880. The highest BCUT2D eigenvalue weighted by molar-refractivity contribution is 5.78. The molecule has 3 rings (SSSR count). The number of aromatic nitrogens is 3. The van der Waals surface area contributed by atoms with Crippen molar-refractivity contribution in [3.8, 4) is 0 Å². The van der Waals surface area contributed by atoms with Crippen LogP contribution in [0.25, 0.3) is 10.9 Å². The van der Waals surface area contributed by atoms with E-state index in [0.29, 0.717) is 0 Å². The monoisotopic (exact) mass is 266 g/mol. The lowest BCUT2D eigenvalue weighted by molar-refractivity contribution is 0.686. The molecular weight excluding hydrogens is 248 g/mol. The smallest absolute Gasteiger partial charge is 0.0702 e. The molecule has 0 unspecified atom stereocenters. The third-order valence-corrected chi connectivity index (χ3v) is 3.35. The topological polar surface area (TPSA) is 42.7 Å². The Morgan fingerprint density at radius 3 is 3.00 bits per heavy atom. The zero-order valence-electron chi connectivity index (χ0n) is 11.6. The molecule has 2 aromatic heterocycles. The Hall–Kier alpha value is -2.20. The SMILES string of the molecule is Cn1cc(CCNCc2ccc3ncccc3c2)cn1. The van der Waals surface area contributed by atoms with E-state index in [9.17, 15) is 0 Å². The molecule has 0 amide bonds. The van der Waals surface area contributed by atoms with E-state index in [1.165, 1.54) is 16.5 Å². The lowest BCUT2D eigenvalue weighted by Gasteiger charge is -2.05. The van der Waals surface area contributed by atoms with Crippen molar-refractivity contribution in [3.63, 3.8) is 0 Å². The number of aryl methyl sites for hydroxylation is 1. The molecule has 0 fully saturated rings. The molecule has 4 heteroatoms. The summed E-state index contributed by atoms with van der Waals surface area (Å²) in [5.74, 6) is 0. The van der Waals surface area contributed by atoms with Gasteiger partial charge in [-0.2, -0.15) is 5.10 Å². The van der Waals surface area contributed by atoms with Crippen LogP contribution in [0, 0.1) is 0 Å². The van der Waals surface area contributed by atoms with Gasteiger partial charge in [-0.1, -0.05) is 12.1 Å². The van der Waals surface area contributed by atoms with E-state index in [2.05, 4.69) is 45.9 Å². The highest BCUT2D eigenvalue weighted by atomic mass is 15.2. The number of pyridine rings is 1. The summed E-state index contributed by atoms with van der Waals surface area (Å²) in [6.45, 7) is 1.84. The number of nitrogens with one attached hydrogen (secondary N) is 1. The van der Waals surface area contributed by atoms with E-state index >= 15 is 0 Å². The van der Waals surface area contributed by atoms with Crippen molar-refractivity contribution in [2.75, 3.05) is 6.54 Å². The van der Waals surface area contributed by atoms with Crippen molar-refractivity contribution in [2.45, 2.75) is 13.0 Å². The third kappa shape index (κ3) is 3.03. The fourth-order valence-electron chi connectivity index (χ4n) is 2.30. The van der Waals surface area contributed by atoms with Gasteiger partial charge in [0.2, 0.25) is 0 Å². The van der Waals surface area contributed by atoms with E-state index < -0.39 is 0 Å². The number of hydrogen-bond acceptors (Lipinski definition) is 3. The number of hydrogen-bond donors (Lipinski definition) is 1. The van der Waals surface area contributed by atoms with Crippen molar-refractivity contribution in [1.82, 2.24) is 20.1 Å². The maximum atomic E-state index is 4.33. The minimum Gasteiger partial charge on any atom is -0.312 e. The fourth-order valence-corrected chi connectivity index (χ4v) is 2.30. The second kappa shape index (κ2) is 5.84. The van der Waals surface area contributed by atoms with Crippen LogP contribution in [0.15, 0.2) is 48.9 Å². The highest BCUT2D eigenvalue weighted by Gasteiger charge is 1.98. The summed E-state index contributed by atoms with van der Waals surface area (Å²) >= 11 is 0. The standard InChI is InChI=1S/C16H18N4/c1-20-12-14(11-19-20)6-8-17-10-13-4-5-16-15(9-13)3-2-7-18-16/h2-5,7,9,11-12,17H,6,8,10H2,1H3. The Bertz CT molecular complexity index is 702. The van der Waals surface area contributed by atoms with Crippen molar-refractivity contribution in [1.29, 1.82) is 0 Å². The average molecular weight is 266 g/mol. The molecule has 0 radical (unpaired) electrons. The summed E-state index contributed by atoms with van der Waals surface area (Å²) < 4.78 is 1.84. The molecule has 3 aromatic rings. The average Bonchev–Trinajstić information content (AvgIpc) is 2.89. The van der Waals surface area contributed by atoms with Crippen LogP contribution in [0.5, 0.6) is 0 Å². The van der Waals surface area contributed by atoms with E-state index in [1.54, 1.807) is 0 Å². The van der Waals surface area contributed by atoms with Gasteiger partial charge in [0.25, 0.3) is 0 Å². The quantitative estimate of drug-likeness (QED) is 0.721. The molecule has 0 atom stereocenters. The van der Waals surface area contributed by atoms with Crippen LogP contribution in [0.1, 0.15) is 11.1 Å². The van der Waals surface area contributed by atoms with Gasteiger partial charge in [0, 0.05) is 31.4 Å². The summed E-state index contributed by atoms with van der Waals surface area (Å²) in [6, 6.07) is 10.5. The van der Waals surface area contributed by atoms with Crippen LogP contribution >= 0.6 is 0 Å². The first-order valence-corrected chi connectivity index (χ1v) is 6.83. The largest absolute Gasteiger partial charge is 0.312 e. The first-order chi connectivity index (χ1) is 9.81. The Labute approximate surface area is 118 Å². The van der Waals surface area contributed by atoms with E-state index in [0.717, 1.165) is 25.0 Å². The predicted octanol–water partition coefficient (Wildman–Crippen LogP) is 2.30. The zero-order chi connectivity index (χ0) is 13.8. The van der Waals surface area contributed by atoms with Crippen LogP contribution in [0.4, 0.5) is 0 Å². The molecule has 4 nitrogen and oxygen atoms in total. The van der Waals surface area contributed by atoms with Crippen LogP contribution in [-0.4, -0.2) is 21.3 Å². The van der Waals surface area contributed by atoms with Crippen LogP contribution in [0.3, 0.4) is 0 Å². The van der Waals surface area contributed by atoms with Gasteiger partial charge in [0.05, 0.1) is 11.7 Å². The molecule has 1 N–H and O–H groups in total. The van der Waals surface area contributed by atoms with E-state index in [4.69, 9.17) is 0 Å². The summed E-state index contributed by atoms with van der Waals surface area (Å²) in [7, 11) is 1.94. The number of fused-ring (bicyclic) bond motifs is 1. The third-order valence-electron chi connectivity index (χ3n) is 3.35. The van der Waals surface area contributed by atoms with E-state index in [1.807, 2.05) is 30.2 Å². The van der Waals surface area contributed by atoms with Gasteiger partial charge in [-0.15, -0.1) is 0 Å². The molecule has 0 bridgehead atoms. The van der Waals surface area contributed by atoms with Gasteiger partial charge in [-0.05, 0) is 42.3 Å². The molecule has 20 heavy (non-hydrogen) atoms. The van der Waals surface area contributed by atoms with Crippen molar-refractivity contribution >= 4 is 10.9 Å². The zero-order valence-corrected chi connectivity index (χ0v) is 11.6. The minimum absolute atomic E-state index is 0.880. The van der Waals surface area contributed by atoms with Crippen LogP contribution in [0.2, 0.25) is 0 Å². The normalized spacial score (nSPS) is 11.1. The summed E-state index contributed by atoms with van der Waals surface area (Å²) in [4.78, 5) is 4.33. The molecule has 0 aliphatic rings. The lowest BCUT2D eigenvalue weighted by Crippen LogP contribution is -2.16. The van der Waals surface area contributed by atoms with E-state index in [-0.39, 0.29) is 0 Å². The Kier molecular flexibility index (Phi) is 3.74. The number of nitrogens with zero attached hydrogens (tertiary/aromatic N) is 3. The molecule has 1 aromatic carbocycles. The lowest BCUT2D eigenvalue weighted by atomic mass is 10.1. The Morgan fingerprint density at radius 1 is 1.20 bits per heavy atom. The van der Waals surface area contributed by atoms with Gasteiger partial charge >= 0.3 is 0 Å². The second-order valence-corrected chi connectivity index (χ2v) is 4.98. The Morgan fingerprint density at radius 2 is 2.15 bits per heavy atom. The number of rotatable bonds is 5. The summed E-state index contributed by atoms with van der Waals surface area (Å²) in [5.41, 5.74) is 3.60. The first-order valence-electron chi connectivity index (χ1n) is 6.83. The predicted molar refractivity (Wildman–Crippen MR) is 80.4 cm³/mol.